The highest BCUT2D eigenvalue weighted by atomic mass is 32.2. The van der Waals surface area contributed by atoms with Gasteiger partial charge in [0.15, 0.2) is 0 Å². The number of rotatable bonds is 5. The zero-order valence-electron chi connectivity index (χ0n) is 9.27. The first-order valence-electron chi connectivity index (χ1n) is 4.91. The summed E-state index contributed by atoms with van der Waals surface area (Å²) < 4.78 is 25.1. The van der Waals surface area contributed by atoms with Crippen LogP contribution in [0.2, 0.25) is 0 Å². The van der Waals surface area contributed by atoms with Gasteiger partial charge >= 0.3 is 0 Å². The lowest BCUT2D eigenvalue weighted by atomic mass is 10.3. The van der Waals surface area contributed by atoms with Crippen LogP contribution in [0.4, 0.5) is 5.69 Å². The highest BCUT2D eigenvalue weighted by Gasteiger charge is 2.10. The van der Waals surface area contributed by atoms with Gasteiger partial charge in [-0.3, -0.25) is 0 Å². The molecule has 3 N–H and O–H groups in total. The first-order valence-corrected chi connectivity index (χ1v) is 6.39. The topological polar surface area (TPSA) is 78.4 Å². The SMILES string of the molecule is CNS(=O)(=O)c1ccc(NCC(C)O)cc1. The fourth-order valence-corrected chi connectivity index (χ4v) is 1.87. The molecule has 0 spiro atoms. The molecule has 90 valence electrons. The van der Waals surface area contributed by atoms with Crippen molar-refractivity contribution in [3.8, 4) is 0 Å². The number of aliphatic hydroxyl groups is 1. The number of anilines is 1. The van der Waals surface area contributed by atoms with Crippen molar-refractivity contribution in [1.29, 1.82) is 0 Å². The molecule has 1 aromatic carbocycles. The van der Waals surface area contributed by atoms with Gasteiger partial charge in [0, 0.05) is 12.2 Å². The monoisotopic (exact) mass is 244 g/mol. The van der Waals surface area contributed by atoms with E-state index >= 15 is 0 Å². The van der Waals surface area contributed by atoms with E-state index in [0.29, 0.717) is 6.54 Å². The van der Waals surface area contributed by atoms with Gasteiger partial charge in [-0.15, -0.1) is 0 Å². The first-order chi connectivity index (χ1) is 7.45. The molecule has 1 rings (SSSR count). The molecule has 0 saturated carbocycles. The van der Waals surface area contributed by atoms with Crippen molar-refractivity contribution in [3.05, 3.63) is 24.3 Å². The summed E-state index contributed by atoms with van der Waals surface area (Å²) in [6.07, 6.45) is -0.444. The summed E-state index contributed by atoms with van der Waals surface area (Å²) in [5.74, 6) is 0. The molecule has 0 radical (unpaired) electrons. The van der Waals surface area contributed by atoms with E-state index in [2.05, 4.69) is 10.0 Å². The van der Waals surface area contributed by atoms with Crippen LogP contribution in [-0.4, -0.2) is 33.2 Å². The summed E-state index contributed by atoms with van der Waals surface area (Å²) in [5.41, 5.74) is 0.774. The third-order valence-electron chi connectivity index (χ3n) is 2.03. The highest BCUT2D eigenvalue weighted by Crippen LogP contribution is 2.13. The van der Waals surface area contributed by atoms with Gasteiger partial charge in [0.05, 0.1) is 11.0 Å². The predicted octanol–water partition coefficient (Wildman–Crippen LogP) is 0.387. The maximum absolute atomic E-state index is 11.4. The number of aliphatic hydroxyl groups excluding tert-OH is 1. The molecule has 0 heterocycles. The molecule has 6 heteroatoms. The Labute approximate surface area is 95.5 Å². The zero-order chi connectivity index (χ0) is 12.2. The minimum absolute atomic E-state index is 0.220. The van der Waals surface area contributed by atoms with Gasteiger partial charge in [0.1, 0.15) is 0 Å². The molecular formula is C10H16N2O3S. The number of benzene rings is 1. The third-order valence-corrected chi connectivity index (χ3v) is 3.47. The highest BCUT2D eigenvalue weighted by molar-refractivity contribution is 7.89. The van der Waals surface area contributed by atoms with E-state index in [1.54, 1.807) is 19.1 Å². The molecule has 0 amide bonds. The minimum atomic E-state index is -3.37. The van der Waals surface area contributed by atoms with E-state index in [-0.39, 0.29) is 4.90 Å². The van der Waals surface area contributed by atoms with Gasteiger partial charge in [-0.25, -0.2) is 13.1 Å². The second-order valence-electron chi connectivity index (χ2n) is 3.46. The summed E-state index contributed by atoms with van der Waals surface area (Å²) in [6.45, 7) is 2.10. The van der Waals surface area contributed by atoms with E-state index in [4.69, 9.17) is 5.11 Å². The number of hydrogen-bond acceptors (Lipinski definition) is 4. The lowest BCUT2D eigenvalue weighted by Gasteiger charge is -2.09. The Kier molecular flexibility index (Phi) is 4.28. The average Bonchev–Trinajstić information content (AvgIpc) is 2.27. The van der Waals surface area contributed by atoms with E-state index in [9.17, 15) is 8.42 Å². The zero-order valence-corrected chi connectivity index (χ0v) is 10.1. The normalized spacial score (nSPS) is 13.4. The van der Waals surface area contributed by atoms with Crippen LogP contribution in [0.5, 0.6) is 0 Å². The average molecular weight is 244 g/mol. The van der Waals surface area contributed by atoms with Crippen molar-refractivity contribution in [3.63, 3.8) is 0 Å². The third kappa shape index (κ3) is 3.48. The molecule has 0 fully saturated rings. The van der Waals surface area contributed by atoms with Gasteiger partial charge in [-0.05, 0) is 38.2 Å². The second-order valence-corrected chi connectivity index (χ2v) is 5.35. The lowest BCUT2D eigenvalue weighted by Crippen LogP contribution is -2.18. The van der Waals surface area contributed by atoms with Gasteiger partial charge in [-0.2, -0.15) is 0 Å². The number of hydrogen-bond donors (Lipinski definition) is 3. The molecular weight excluding hydrogens is 228 g/mol. The van der Waals surface area contributed by atoms with Crippen LogP contribution in [-0.2, 0) is 10.0 Å². The summed E-state index contributed by atoms with van der Waals surface area (Å²) in [7, 11) is -2.00. The van der Waals surface area contributed by atoms with Crippen LogP contribution in [0.15, 0.2) is 29.2 Å². The van der Waals surface area contributed by atoms with Crippen molar-refractivity contribution in [2.75, 3.05) is 18.9 Å². The fraction of sp³-hybridized carbons (Fsp3) is 0.400. The Morgan fingerprint density at radius 3 is 2.31 bits per heavy atom. The van der Waals surface area contributed by atoms with Crippen LogP contribution < -0.4 is 10.0 Å². The maximum atomic E-state index is 11.4. The molecule has 16 heavy (non-hydrogen) atoms. The smallest absolute Gasteiger partial charge is 0.240 e. The largest absolute Gasteiger partial charge is 0.392 e. The van der Waals surface area contributed by atoms with Gasteiger partial charge in [0.2, 0.25) is 10.0 Å². The van der Waals surface area contributed by atoms with Crippen molar-refractivity contribution in [1.82, 2.24) is 4.72 Å². The molecule has 0 aliphatic carbocycles. The Bertz CT molecular complexity index is 426. The van der Waals surface area contributed by atoms with Crippen molar-refractivity contribution in [2.24, 2.45) is 0 Å². The maximum Gasteiger partial charge on any atom is 0.240 e. The molecule has 1 atom stereocenters. The molecule has 0 aliphatic rings. The van der Waals surface area contributed by atoms with Crippen LogP contribution >= 0.6 is 0 Å². The number of sulfonamides is 1. The molecule has 0 aliphatic heterocycles. The summed E-state index contributed by atoms with van der Waals surface area (Å²) in [4.78, 5) is 0.220. The molecule has 0 saturated heterocycles. The van der Waals surface area contributed by atoms with E-state index in [0.717, 1.165) is 5.69 Å². The van der Waals surface area contributed by atoms with Gasteiger partial charge < -0.3 is 10.4 Å². The Hall–Kier alpha value is -1.11. The van der Waals surface area contributed by atoms with E-state index in [1.165, 1.54) is 19.2 Å². The van der Waals surface area contributed by atoms with E-state index < -0.39 is 16.1 Å². The summed E-state index contributed by atoms with van der Waals surface area (Å²) in [6, 6.07) is 6.34. The van der Waals surface area contributed by atoms with Crippen molar-refractivity contribution >= 4 is 15.7 Å². The van der Waals surface area contributed by atoms with Crippen LogP contribution in [0.25, 0.3) is 0 Å². The standard InChI is InChI=1S/C10H16N2O3S/c1-8(13)7-12-9-3-5-10(6-4-9)16(14,15)11-2/h3-6,8,11-13H,7H2,1-2H3. The van der Waals surface area contributed by atoms with Gasteiger partial charge in [-0.1, -0.05) is 0 Å². The Morgan fingerprint density at radius 1 is 1.31 bits per heavy atom. The second kappa shape index (κ2) is 5.29. The Morgan fingerprint density at radius 2 is 1.88 bits per heavy atom. The molecule has 0 bridgehead atoms. The fourth-order valence-electron chi connectivity index (χ4n) is 1.14. The minimum Gasteiger partial charge on any atom is -0.392 e. The van der Waals surface area contributed by atoms with Crippen molar-refractivity contribution < 1.29 is 13.5 Å². The summed E-state index contributed by atoms with van der Waals surface area (Å²) in [5, 5.41) is 12.0. The molecule has 5 nitrogen and oxygen atoms in total. The van der Waals surface area contributed by atoms with Crippen molar-refractivity contribution in [2.45, 2.75) is 17.9 Å². The van der Waals surface area contributed by atoms with Crippen LogP contribution in [0, 0.1) is 0 Å². The predicted molar refractivity (Wildman–Crippen MR) is 62.9 cm³/mol. The summed E-state index contributed by atoms with van der Waals surface area (Å²) >= 11 is 0. The van der Waals surface area contributed by atoms with Crippen LogP contribution in [0.1, 0.15) is 6.92 Å². The lowest BCUT2D eigenvalue weighted by molar-refractivity contribution is 0.208. The van der Waals surface area contributed by atoms with E-state index in [1.807, 2.05) is 0 Å². The van der Waals surface area contributed by atoms with Crippen LogP contribution in [0.3, 0.4) is 0 Å². The Balaban J connectivity index is 2.76. The first kappa shape index (κ1) is 13.0. The number of nitrogens with one attached hydrogen (secondary N) is 2. The quantitative estimate of drug-likeness (QED) is 0.700. The molecule has 1 aromatic rings. The molecule has 0 aromatic heterocycles. The molecule has 1 unspecified atom stereocenters. The van der Waals surface area contributed by atoms with Gasteiger partial charge in [0.25, 0.3) is 0 Å².